The van der Waals surface area contributed by atoms with Crippen LogP contribution < -0.4 is 5.32 Å². The highest BCUT2D eigenvalue weighted by Gasteiger charge is 2.30. The summed E-state index contributed by atoms with van der Waals surface area (Å²) in [5.74, 6) is 0. The van der Waals surface area contributed by atoms with E-state index < -0.39 is 11.7 Å². The molecular formula is C15H12Br2F3N. The van der Waals surface area contributed by atoms with Crippen LogP contribution in [-0.4, -0.2) is 7.05 Å². The highest BCUT2D eigenvalue weighted by atomic mass is 79.9. The van der Waals surface area contributed by atoms with Crippen molar-refractivity contribution >= 4 is 31.9 Å². The second-order valence-electron chi connectivity index (χ2n) is 4.51. The van der Waals surface area contributed by atoms with Crippen LogP contribution in [0.4, 0.5) is 13.2 Å². The molecule has 0 heterocycles. The largest absolute Gasteiger partial charge is 0.416 e. The van der Waals surface area contributed by atoms with Crippen molar-refractivity contribution in [2.75, 3.05) is 7.05 Å². The van der Waals surface area contributed by atoms with Gasteiger partial charge in [-0.3, -0.25) is 0 Å². The summed E-state index contributed by atoms with van der Waals surface area (Å²) < 4.78 is 39.6. The van der Waals surface area contributed by atoms with Crippen LogP contribution in [0.1, 0.15) is 22.7 Å². The monoisotopic (exact) mass is 421 g/mol. The molecule has 1 N–H and O–H groups in total. The Hall–Kier alpha value is -0.850. The van der Waals surface area contributed by atoms with Gasteiger partial charge in [-0.05, 0) is 48.5 Å². The molecule has 0 saturated carbocycles. The van der Waals surface area contributed by atoms with Crippen molar-refractivity contribution in [2.24, 2.45) is 0 Å². The van der Waals surface area contributed by atoms with Gasteiger partial charge >= 0.3 is 6.18 Å². The average molecular weight is 423 g/mol. The molecular weight excluding hydrogens is 411 g/mol. The van der Waals surface area contributed by atoms with Crippen LogP contribution in [0.15, 0.2) is 51.4 Å². The maximum absolute atomic E-state index is 12.6. The molecule has 0 amide bonds. The molecule has 21 heavy (non-hydrogen) atoms. The summed E-state index contributed by atoms with van der Waals surface area (Å²) in [7, 11) is 1.77. The van der Waals surface area contributed by atoms with Crippen molar-refractivity contribution in [1.29, 1.82) is 0 Å². The Kier molecular flexibility index (Phi) is 5.11. The highest BCUT2D eigenvalue weighted by Crippen LogP contribution is 2.33. The minimum atomic E-state index is -4.32. The number of halogens is 5. The van der Waals surface area contributed by atoms with Crippen LogP contribution in [0.25, 0.3) is 0 Å². The molecule has 0 aliphatic rings. The van der Waals surface area contributed by atoms with Crippen LogP contribution in [0.3, 0.4) is 0 Å². The molecule has 112 valence electrons. The van der Waals surface area contributed by atoms with Gasteiger partial charge in [-0.1, -0.05) is 44.0 Å². The third kappa shape index (κ3) is 3.87. The molecule has 6 heteroatoms. The van der Waals surface area contributed by atoms with Gasteiger partial charge in [-0.2, -0.15) is 13.2 Å². The SMILES string of the molecule is CNC(c1ccc(C(F)(F)F)cc1)c1cc(Br)ccc1Br. The zero-order chi connectivity index (χ0) is 15.6. The van der Waals surface area contributed by atoms with Gasteiger partial charge < -0.3 is 5.32 Å². The maximum atomic E-state index is 12.6. The van der Waals surface area contributed by atoms with Crippen molar-refractivity contribution in [3.63, 3.8) is 0 Å². The van der Waals surface area contributed by atoms with Crippen molar-refractivity contribution in [3.05, 3.63) is 68.1 Å². The lowest BCUT2D eigenvalue weighted by atomic mass is 9.98. The molecule has 2 aromatic rings. The van der Waals surface area contributed by atoms with E-state index in [1.165, 1.54) is 12.1 Å². The molecule has 0 aliphatic heterocycles. The number of alkyl halides is 3. The normalized spacial score (nSPS) is 13.2. The van der Waals surface area contributed by atoms with Gasteiger partial charge in [0.05, 0.1) is 11.6 Å². The van der Waals surface area contributed by atoms with Crippen LogP contribution >= 0.6 is 31.9 Å². The van der Waals surface area contributed by atoms with E-state index in [1.807, 2.05) is 18.2 Å². The third-order valence-corrected chi connectivity index (χ3v) is 4.34. The summed E-state index contributed by atoms with van der Waals surface area (Å²) in [4.78, 5) is 0. The lowest BCUT2D eigenvalue weighted by molar-refractivity contribution is -0.137. The Labute approximate surface area is 137 Å². The zero-order valence-corrected chi connectivity index (χ0v) is 14.2. The van der Waals surface area contributed by atoms with Gasteiger partial charge in [-0.25, -0.2) is 0 Å². The molecule has 1 unspecified atom stereocenters. The molecule has 0 saturated heterocycles. The van der Waals surface area contributed by atoms with Gasteiger partial charge in [0.2, 0.25) is 0 Å². The standard InChI is InChI=1S/C15H12Br2F3N/c1-21-14(12-8-11(16)6-7-13(12)17)9-2-4-10(5-3-9)15(18,19)20/h2-8,14,21H,1H3. The Morgan fingerprint density at radius 2 is 1.62 bits per heavy atom. The first-order valence-electron chi connectivity index (χ1n) is 6.12. The van der Waals surface area contributed by atoms with E-state index in [4.69, 9.17) is 0 Å². The molecule has 0 bridgehead atoms. The Morgan fingerprint density at radius 1 is 1.00 bits per heavy atom. The molecule has 1 atom stereocenters. The Morgan fingerprint density at radius 3 is 2.14 bits per heavy atom. The van der Waals surface area contributed by atoms with E-state index >= 15 is 0 Å². The smallest absolute Gasteiger partial charge is 0.309 e. The first-order valence-corrected chi connectivity index (χ1v) is 7.71. The summed E-state index contributed by atoms with van der Waals surface area (Å²) >= 11 is 6.88. The van der Waals surface area contributed by atoms with Crippen LogP contribution in [0.5, 0.6) is 0 Å². The van der Waals surface area contributed by atoms with E-state index in [-0.39, 0.29) is 6.04 Å². The third-order valence-electron chi connectivity index (χ3n) is 3.13. The predicted molar refractivity (Wildman–Crippen MR) is 84.2 cm³/mol. The fourth-order valence-electron chi connectivity index (χ4n) is 2.10. The molecule has 1 nitrogen and oxygen atoms in total. The number of hydrogen-bond acceptors (Lipinski definition) is 1. The van der Waals surface area contributed by atoms with Gasteiger partial charge in [0.15, 0.2) is 0 Å². The topological polar surface area (TPSA) is 12.0 Å². The molecule has 0 spiro atoms. The molecule has 2 rings (SSSR count). The number of benzene rings is 2. The lowest BCUT2D eigenvalue weighted by Crippen LogP contribution is -2.18. The fraction of sp³-hybridized carbons (Fsp3) is 0.200. The molecule has 0 fully saturated rings. The van der Waals surface area contributed by atoms with Crippen molar-refractivity contribution < 1.29 is 13.2 Å². The van der Waals surface area contributed by atoms with Gasteiger partial charge in [0, 0.05) is 8.95 Å². The molecule has 2 aromatic carbocycles. The summed E-state index contributed by atoms with van der Waals surface area (Å²) in [5, 5.41) is 3.13. The Bertz CT molecular complexity index is 624. The Balaban J connectivity index is 2.40. The first-order chi connectivity index (χ1) is 9.82. The summed E-state index contributed by atoms with van der Waals surface area (Å²) in [6, 6.07) is 10.7. The van der Waals surface area contributed by atoms with Crippen molar-refractivity contribution in [2.45, 2.75) is 12.2 Å². The number of nitrogens with one attached hydrogen (secondary N) is 1. The van der Waals surface area contributed by atoms with Gasteiger partial charge in [0.1, 0.15) is 0 Å². The fourth-order valence-corrected chi connectivity index (χ4v) is 2.96. The van der Waals surface area contributed by atoms with E-state index in [1.54, 1.807) is 7.05 Å². The number of hydrogen-bond donors (Lipinski definition) is 1. The minimum Gasteiger partial charge on any atom is -0.309 e. The van der Waals surface area contributed by atoms with Crippen molar-refractivity contribution in [1.82, 2.24) is 5.32 Å². The van der Waals surface area contributed by atoms with Crippen LogP contribution in [-0.2, 0) is 6.18 Å². The molecule has 0 aliphatic carbocycles. The van der Waals surface area contributed by atoms with Crippen LogP contribution in [0, 0.1) is 0 Å². The quantitative estimate of drug-likeness (QED) is 0.684. The van der Waals surface area contributed by atoms with E-state index in [9.17, 15) is 13.2 Å². The van der Waals surface area contributed by atoms with E-state index in [0.29, 0.717) is 0 Å². The zero-order valence-electron chi connectivity index (χ0n) is 11.0. The maximum Gasteiger partial charge on any atom is 0.416 e. The molecule has 0 radical (unpaired) electrons. The average Bonchev–Trinajstić information content (AvgIpc) is 2.43. The minimum absolute atomic E-state index is 0.195. The number of rotatable bonds is 3. The summed E-state index contributed by atoms with van der Waals surface area (Å²) in [5.41, 5.74) is 1.07. The second-order valence-corrected chi connectivity index (χ2v) is 6.28. The van der Waals surface area contributed by atoms with Gasteiger partial charge in [-0.15, -0.1) is 0 Å². The van der Waals surface area contributed by atoms with Crippen LogP contribution in [0.2, 0.25) is 0 Å². The van der Waals surface area contributed by atoms with E-state index in [2.05, 4.69) is 37.2 Å². The van der Waals surface area contributed by atoms with Gasteiger partial charge in [0.25, 0.3) is 0 Å². The van der Waals surface area contributed by atoms with E-state index in [0.717, 1.165) is 32.2 Å². The molecule has 0 aromatic heterocycles. The summed E-state index contributed by atoms with van der Waals surface area (Å²) in [6.07, 6.45) is -4.32. The van der Waals surface area contributed by atoms with Crippen molar-refractivity contribution in [3.8, 4) is 0 Å². The first kappa shape index (κ1) is 16.5. The predicted octanol–water partition coefficient (Wildman–Crippen LogP) is 5.54. The highest BCUT2D eigenvalue weighted by molar-refractivity contribution is 9.11. The summed E-state index contributed by atoms with van der Waals surface area (Å²) in [6.45, 7) is 0. The second kappa shape index (κ2) is 6.50. The lowest BCUT2D eigenvalue weighted by Gasteiger charge is -2.19.